The van der Waals surface area contributed by atoms with E-state index in [9.17, 15) is 9.59 Å². The summed E-state index contributed by atoms with van der Waals surface area (Å²) >= 11 is 2.49. The first-order valence-electron chi connectivity index (χ1n) is 7.01. The van der Waals surface area contributed by atoms with E-state index >= 15 is 0 Å². The number of nitrogens with zero attached hydrogens (tertiary/aromatic N) is 2. The third-order valence-corrected chi connectivity index (χ3v) is 5.15. The first kappa shape index (κ1) is 16.4. The van der Waals surface area contributed by atoms with Crippen LogP contribution in [0.25, 0.3) is 10.2 Å². The second kappa shape index (κ2) is 6.98. The van der Waals surface area contributed by atoms with E-state index in [1.54, 1.807) is 6.07 Å². The monoisotopic (exact) mass is 359 g/mol. The Hall–Kier alpha value is -2.45. The number of thiazole rings is 1. The van der Waals surface area contributed by atoms with E-state index in [0.29, 0.717) is 10.2 Å². The molecule has 2 heterocycles. The fraction of sp³-hybridized carbons (Fsp3) is 0.125. The highest BCUT2D eigenvalue weighted by molar-refractivity contribution is 8.00. The first-order valence-corrected chi connectivity index (χ1v) is 8.82. The minimum atomic E-state index is -1.06. The molecule has 3 rings (SSSR count). The molecule has 0 aliphatic heterocycles. The van der Waals surface area contributed by atoms with Gasteiger partial charge in [0.25, 0.3) is 0 Å². The third-order valence-electron chi connectivity index (χ3n) is 3.21. The van der Waals surface area contributed by atoms with Gasteiger partial charge in [-0.2, -0.15) is 0 Å². The molecule has 0 unspecified atom stereocenters. The molecule has 6 nitrogen and oxygen atoms in total. The van der Waals surface area contributed by atoms with Crippen LogP contribution in [0.5, 0.6) is 0 Å². The number of carbonyl (C=O) groups excluding carboxylic acids is 1. The van der Waals surface area contributed by atoms with Crippen molar-refractivity contribution >= 4 is 50.3 Å². The van der Waals surface area contributed by atoms with Gasteiger partial charge in [0, 0.05) is 6.20 Å². The Balaban J connectivity index is 1.67. The summed E-state index contributed by atoms with van der Waals surface area (Å²) in [6.45, 7) is 1.97. The molecule has 8 heteroatoms. The molecule has 1 aromatic carbocycles. The van der Waals surface area contributed by atoms with Gasteiger partial charge in [-0.25, -0.2) is 14.8 Å². The lowest BCUT2D eigenvalue weighted by Gasteiger charge is -2.04. The molecule has 0 saturated carbocycles. The molecule has 0 aliphatic rings. The smallest absolute Gasteiger partial charge is 0.338 e. The van der Waals surface area contributed by atoms with Gasteiger partial charge < -0.3 is 10.4 Å². The zero-order valence-electron chi connectivity index (χ0n) is 12.6. The molecule has 2 aromatic heterocycles. The average Bonchev–Trinajstić information content (AvgIpc) is 2.97. The third kappa shape index (κ3) is 3.55. The number of carboxylic acids is 1. The van der Waals surface area contributed by atoms with E-state index in [-0.39, 0.29) is 17.2 Å². The van der Waals surface area contributed by atoms with Gasteiger partial charge in [-0.1, -0.05) is 35.2 Å². The van der Waals surface area contributed by atoms with Crippen LogP contribution in [0.3, 0.4) is 0 Å². The maximum atomic E-state index is 12.1. The second-order valence-electron chi connectivity index (χ2n) is 4.94. The molecule has 0 atom stereocenters. The summed E-state index contributed by atoms with van der Waals surface area (Å²) in [6.07, 6.45) is 1.50. The summed E-state index contributed by atoms with van der Waals surface area (Å²) in [7, 11) is 0. The number of hydrogen-bond acceptors (Lipinski definition) is 6. The Bertz CT molecular complexity index is 924. The van der Waals surface area contributed by atoms with Gasteiger partial charge in [0.1, 0.15) is 5.03 Å². The van der Waals surface area contributed by atoms with Crippen LogP contribution in [-0.4, -0.2) is 32.7 Å². The van der Waals surface area contributed by atoms with Crippen molar-refractivity contribution in [1.82, 2.24) is 9.97 Å². The van der Waals surface area contributed by atoms with Crippen molar-refractivity contribution in [2.75, 3.05) is 11.1 Å². The zero-order valence-corrected chi connectivity index (χ0v) is 14.3. The predicted octanol–water partition coefficient (Wildman–Crippen LogP) is 3.43. The van der Waals surface area contributed by atoms with Gasteiger partial charge in [-0.15, -0.1) is 0 Å². The fourth-order valence-electron chi connectivity index (χ4n) is 2.10. The second-order valence-corrected chi connectivity index (χ2v) is 6.93. The van der Waals surface area contributed by atoms with E-state index in [0.717, 1.165) is 27.5 Å². The van der Waals surface area contributed by atoms with E-state index in [1.165, 1.54) is 23.6 Å². The highest BCUT2D eigenvalue weighted by Crippen LogP contribution is 2.28. The molecule has 0 aliphatic carbocycles. The minimum Gasteiger partial charge on any atom is -0.478 e. The zero-order chi connectivity index (χ0) is 17.1. The van der Waals surface area contributed by atoms with Crippen LogP contribution >= 0.6 is 23.1 Å². The van der Waals surface area contributed by atoms with Crippen molar-refractivity contribution in [2.24, 2.45) is 0 Å². The topological polar surface area (TPSA) is 92.2 Å². The lowest BCUT2D eigenvalue weighted by Crippen LogP contribution is -2.14. The predicted molar refractivity (Wildman–Crippen MR) is 94.9 cm³/mol. The number of amides is 1. The number of thioether (sulfide) groups is 1. The van der Waals surface area contributed by atoms with E-state index < -0.39 is 5.97 Å². The number of fused-ring (bicyclic) bond motifs is 1. The van der Waals surface area contributed by atoms with Crippen LogP contribution in [0.15, 0.2) is 41.6 Å². The minimum absolute atomic E-state index is 0.0617. The van der Waals surface area contributed by atoms with Gasteiger partial charge in [0.15, 0.2) is 5.13 Å². The molecule has 0 saturated heterocycles. The number of rotatable bonds is 5. The van der Waals surface area contributed by atoms with Crippen molar-refractivity contribution in [3.05, 3.63) is 47.7 Å². The maximum absolute atomic E-state index is 12.1. The number of aromatic nitrogens is 2. The Morgan fingerprint density at radius 1 is 1.29 bits per heavy atom. The molecule has 0 radical (unpaired) electrons. The molecule has 122 valence electrons. The molecule has 0 fully saturated rings. The van der Waals surface area contributed by atoms with Crippen LogP contribution < -0.4 is 5.32 Å². The van der Waals surface area contributed by atoms with Crippen molar-refractivity contribution in [3.63, 3.8) is 0 Å². The average molecular weight is 359 g/mol. The number of aromatic carboxylic acids is 1. The fourth-order valence-corrected chi connectivity index (χ4v) is 3.84. The molecule has 3 aromatic rings. The normalized spacial score (nSPS) is 10.7. The number of hydrogen-bond donors (Lipinski definition) is 2. The number of carboxylic acid groups (broad SMARTS) is 1. The van der Waals surface area contributed by atoms with E-state index in [1.807, 2.05) is 25.1 Å². The summed E-state index contributed by atoms with van der Waals surface area (Å²) < 4.78 is 1.01. The van der Waals surface area contributed by atoms with Crippen LogP contribution in [0.1, 0.15) is 15.9 Å². The van der Waals surface area contributed by atoms with Crippen LogP contribution in [-0.2, 0) is 4.79 Å². The molecular formula is C16H13N3O3S2. The standard InChI is InChI=1S/C16H13N3O3S2/c1-9-4-2-6-11-13(9)19-16(24-11)18-12(20)8-23-14-10(15(21)22)5-3-7-17-14/h2-7H,8H2,1H3,(H,21,22)(H,18,19,20). The Kier molecular flexibility index (Phi) is 4.77. The highest BCUT2D eigenvalue weighted by Gasteiger charge is 2.14. The lowest BCUT2D eigenvalue weighted by atomic mass is 10.2. The van der Waals surface area contributed by atoms with Gasteiger partial charge in [-0.3, -0.25) is 4.79 Å². The quantitative estimate of drug-likeness (QED) is 0.678. The Morgan fingerprint density at radius 2 is 2.12 bits per heavy atom. The lowest BCUT2D eigenvalue weighted by molar-refractivity contribution is -0.113. The van der Waals surface area contributed by atoms with Crippen LogP contribution in [0.2, 0.25) is 0 Å². The number of aryl methyl sites for hydroxylation is 1. The number of anilines is 1. The van der Waals surface area contributed by atoms with E-state index in [4.69, 9.17) is 5.11 Å². The van der Waals surface area contributed by atoms with Gasteiger partial charge in [0.2, 0.25) is 5.91 Å². The molecule has 0 bridgehead atoms. The number of nitrogens with one attached hydrogen (secondary N) is 1. The largest absolute Gasteiger partial charge is 0.478 e. The Labute approximate surface area is 145 Å². The van der Waals surface area contributed by atoms with Crippen LogP contribution in [0.4, 0.5) is 5.13 Å². The molecule has 0 spiro atoms. The van der Waals surface area contributed by atoms with Crippen molar-refractivity contribution < 1.29 is 14.7 Å². The Morgan fingerprint density at radius 3 is 2.88 bits per heavy atom. The van der Waals surface area contributed by atoms with Gasteiger partial charge in [0.05, 0.1) is 21.5 Å². The number of benzene rings is 1. The van der Waals surface area contributed by atoms with Crippen molar-refractivity contribution in [3.8, 4) is 0 Å². The van der Waals surface area contributed by atoms with Crippen molar-refractivity contribution in [2.45, 2.75) is 11.9 Å². The maximum Gasteiger partial charge on any atom is 0.338 e. The van der Waals surface area contributed by atoms with E-state index in [2.05, 4.69) is 15.3 Å². The van der Waals surface area contributed by atoms with Crippen molar-refractivity contribution in [1.29, 1.82) is 0 Å². The SMILES string of the molecule is Cc1cccc2sc(NC(=O)CSc3ncccc3C(=O)O)nc12. The summed E-state index contributed by atoms with van der Waals surface area (Å²) in [4.78, 5) is 31.6. The summed E-state index contributed by atoms with van der Waals surface area (Å²) in [5.74, 6) is -1.25. The highest BCUT2D eigenvalue weighted by atomic mass is 32.2. The number of pyridine rings is 1. The van der Waals surface area contributed by atoms with Gasteiger partial charge in [-0.05, 0) is 30.7 Å². The molecular weight excluding hydrogens is 346 g/mol. The summed E-state index contributed by atoms with van der Waals surface area (Å²) in [5, 5.41) is 12.7. The molecule has 24 heavy (non-hydrogen) atoms. The van der Waals surface area contributed by atoms with Crippen LogP contribution in [0, 0.1) is 6.92 Å². The number of para-hydroxylation sites is 1. The first-order chi connectivity index (χ1) is 11.5. The summed E-state index contributed by atoms with van der Waals surface area (Å²) in [6, 6.07) is 8.89. The van der Waals surface area contributed by atoms with Gasteiger partial charge >= 0.3 is 5.97 Å². The number of carbonyl (C=O) groups is 2. The molecule has 2 N–H and O–H groups in total. The summed E-state index contributed by atoms with van der Waals surface area (Å²) in [5.41, 5.74) is 2.02. The molecule has 1 amide bonds.